The first kappa shape index (κ1) is 14.5. The van der Waals surface area contributed by atoms with E-state index in [2.05, 4.69) is 48.5 Å². The molecule has 1 N–H and O–H groups in total. The lowest BCUT2D eigenvalue weighted by Gasteiger charge is -2.17. The summed E-state index contributed by atoms with van der Waals surface area (Å²) in [4.78, 5) is 2.22. The first-order valence-electron chi connectivity index (χ1n) is 6.87. The van der Waals surface area contributed by atoms with Gasteiger partial charge in [0.1, 0.15) is 5.82 Å². The number of benzene rings is 2. The third-order valence-electron chi connectivity index (χ3n) is 3.21. The SMILES string of the molecule is Cc1cccc(NCCN(C)Cc2ccc(F)cc2)c1. The van der Waals surface area contributed by atoms with Crippen molar-refractivity contribution >= 4 is 5.69 Å². The molecule has 0 aliphatic heterocycles. The largest absolute Gasteiger partial charge is 0.384 e. The summed E-state index contributed by atoms with van der Waals surface area (Å²) in [6.45, 7) is 4.74. The molecule has 2 rings (SSSR count). The molecule has 0 atom stereocenters. The van der Waals surface area contributed by atoms with Crippen molar-refractivity contribution in [2.45, 2.75) is 13.5 Å². The van der Waals surface area contributed by atoms with Crippen LogP contribution in [0, 0.1) is 12.7 Å². The summed E-state index contributed by atoms with van der Waals surface area (Å²) in [5.41, 5.74) is 3.54. The van der Waals surface area contributed by atoms with Gasteiger partial charge in [-0.3, -0.25) is 0 Å². The van der Waals surface area contributed by atoms with Crippen molar-refractivity contribution in [3.05, 3.63) is 65.5 Å². The van der Waals surface area contributed by atoms with Gasteiger partial charge in [0.05, 0.1) is 0 Å². The lowest BCUT2D eigenvalue weighted by Crippen LogP contribution is -2.24. The number of halogens is 1. The molecule has 0 bridgehead atoms. The molecular weight excluding hydrogens is 251 g/mol. The number of hydrogen-bond donors (Lipinski definition) is 1. The summed E-state index contributed by atoms with van der Waals surface area (Å²) in [6.07, 6.45) is 0. The maximum atomic E-state index is 12.8. The maximum absolute atomic E-state index is 12.8. The first-order chi connectivity index (χ1) is 9.63. The van der Waals surface area contributed by atoms with E-state index in [4.69, 9.17) is 0 Å². The van der Waals surface area contributed by atoms with Gasteiger partial charge in [-0.05, 0) is 49.4 Å². The van der Waals surface area contributed by atoms with Gasteiger partial charge in [0.25, 0.3) is 0 Å². The van der Waals surface area contributed by atoms with Crippen LogP contribution in [0.4, 0.5) is 10.1 Å². The highest BCUT2D eigenvalue weighted by atomic mass is 19.1. The van der Waals surface area contributed by atoms with E-state index in [-0.39, 0.29) is 5.82 Å². The number of hydrogen-bond acceptors (Lipinski definition) is 2. The van der Waals surface area contributed by atoms with Crippen LogP contribution in [0.3, 0.4) is 0 Å². The van der Waals surface area contributed by atoms with Crippen LogP contribution in [-0.4, -0.2) is 25.0 Å². The zero-order valence-electron chi connectivity index (χ0n) is 12.1. The second-order valence-corrected chi connectivity index (χ2v) is 5.16. The van der Waals surface area contributed by atoms with Crippen LogP contribution < -0.4 is 5.32 Å². The summed E-state index contributed by atoms with van der Waals surface area (Å²) in [6, 6.07) is 15.0. The summed E-state index contributed by atoms with van der Waals surface area (Å²) in [5, 5.41) is 3.41. The van der Waals surface area contributed by atoms with Crippen LogP contribution in [-0.2, 0) is 6.54 Å². The Labute approximate surface area is 120 Å². The van der Waals surface area contributed by atoms with Gasteiger partial charge in [-0.1, -0.05) is 24.3 Å². The molecule has 106 valence electrons. The molecule has 0 radical (unpaired) electrons. The molecule has 2 aromatic carbocycles. The number of aryl methyl sites for hydroxylation is 1. The highest BCUT2D eigenvalue weighted by Gasteiger charge is 2.01. The zero-order chi connectivity index (χ0) is 14.4. The molecule has 0 heterocycles. The van der Waals surface area contributed by atoms with Gasteiger partial charge in [-0.2, -0.15) is 0 Å². The van der Waals surface area contributed by atoms with Gasteiger partial charge < -0.3 is 10.2 Å². The van der Waals surface area contributed by atoms with Gasteiger partial charge in [0.2, 0.25) is 0 Å². The van der Waals surface area contributed by atoms with Crippen LogP contribution >= 0.6 is 0 Å². The van der Waals surface area contributed by atoms with Crippen LogP contribution in [0.25, 0.3) is 0 Å². The van der Waals surface area contributed by atoms with Crippen molar-refractivity contribution in [3.8, 4) is 0 Å². The molecule has 0 aromatic heterocycles. The number of anilines is 1. The third-order valence-corrected chi connectivity index (χ3v) is 3.21. The van der Waals surface area contributed by atoms with Crippen molar-refractivity contribution in [1.82, 2.24) is 4.90 Å². The molecule has 0 saturated heterocycles. The number of likely N-dealkylation sites (N-methyl/N-ethyl adjacent to an activating group) is 1. The molecule has 0 fully saturated rings. The topological polar surface area (TPSA) is 15.3 Å². The molecule has 0 amide bonds. The summed E-state index contributed by atoms with van der Waals surface area (Å²) < 4.78 is 12.8. The maximum Gasteiger partial charge on any atom is 0.123 e. The summed E-state index contributed by atoms with van der Waals surface area (Å²) in [5.74, 6) is -0.183. The Kier molecular flexibility index (Phi) is 5.13. The van der Waals surface area contributed by atoms with Gasteiger partial charge in [0.15, 0.2) is 0 Å². The molecule has 0 aliphatic rings. The number of rotatable bonds is 6. The molecule has 2 aromatic rings. The lowest BCUT2D eigenvalue weighted by molar-refractivity contribution is 0.340. The van der Waals surface area contributed by atoms with E-state index < -0.39 is 0 Å². The smallest absolute Gasteiger partial charge is 0.123 e. The van der Waals surface area contributed by atoms with Crippen LogP contribution in [0.5, 0.6) is 0 Å². The Morgan fingerprint density at radius 3 is 2.55 bits per heavy atom. The Bertz CT molecular complexity index is 537. The molecule has 20 heavy (non-hydrogen) atoms. The van der Waals surface area contributed by atoms with E-state index in [1.54, 1.807) is 0 Å². The van der Waals surface area contributed by atoms with Gasteiger partial charge in [-0.15, -0.1) is 0 Å². The molecule has 0 unspecified atom stereocenters. The minimum Gasteiger partial charge on any atom is -0.384 e. The minimum atomic E-state index is -0.183. The van der Waals surface area contributed by atoms with E-state index >= 15 is 0 Å². The zero-order valence-corrected chi connectivity index (χ0v) is 12.1. The average molecular weight is 272 g/mol. The predicted molar refractivity (Wildman–Crippen MR) is 82.4 cm³/mol. The van der Waals surface area contributed by atoms with Crippen LogP contribution in [0.15, 0.2) is 48.5 Å². The van der Waals surface area contributed by atoms with Gasteiger partial charge in [-0.25, -0.2) is 4.39 Å². The normalized spacial score (nSPS) is 10.8. The fraction of sp³-hybridized carbons (Fsp3) is 0.294. The molecule has 0 spiro atoms. The minimum absolute atomic E-state index is 0.183. The Hall–Kier alpha value is -1.87. The fourth-order valence-electron chi connectivity index (χ4n) is 2.13. The van der Waals surface area contributed by atoms with Gasteiger partial charge in [0, 0.05) is 25.3 Å². The second kappa shape index (κ2) is 7.06. The van der Waals surface area contributed by atoms with Crippen molar-refractivity contribution in [2.75, 3.05) is 25.5 Å². The van der Waals surface area contributed by atoms with Crippen molar-refractivity contribution < 1.29 is 4.39 Å². The van der Waals surface area contributed by atoms with E-state index in [1.165, 1.54) is 17.7 Å². The summed E-state index contributed by atoms with van der Waals surface area (Å²) >= 11 is 0. The molecular formula is C17H21FN2. The molecule has 0 aliphatic carbocycles. The monoisotopic (exact) mass is 272 g/mol. The number of nitrogens with one attached hydrogen (secondary N) is 1. The van der Waals surface area contributed by atoms with E-state index in [9.17, 15) is 4.39 Å². The molecule has 3 heteroatoms. The average Bonchev–Trinajstić information content (AvgIpc) is 2.41. The quantitative estimate of drug-likeness (QED) is 0.863. The van der Waals surface area contributed by atoms with Gasteiger partial charge >= 0.3 is 0 Å². The first-order valence-corrected chi connectivity index (χ1v) is 6.87. The van der Waals surface area contributed by atoms with Crippen molar-refractivity contribution in [1.29, 1.82) is 0 Å². The molecule has 0 saturated carbocycles. The Morgan fingerprint density at radius 1 is 1.10 bits per heavy atom. The predicted octanol–water partition coefficient (Wildman–Crippen LogP) is 3.68. The van der Waals surface area contributed by atoms with Crippen molar-refractivity contribution in [2.24, 2.45) is 0 Å². The highest BCUT2D eigenvalue weighted by molar-refractivity contribution is 5.45. The van der Waals surface area contributed by atoms with Crippen molar-refractivity contribution in [3.63, 3.8) is 0 Å². The van der Waals surface area contributed by atoms with Crippen LogP contribution in [0.2, 0.25) is 0 Å². The van der Waals surface area contributed by atoms with E-state index in [0.717, 1.165) is 30.9 Å². The van der Waals surface area contributed by atoms with Crippen LogP contribution in [0.1, 0.15) is 11.1 Å². The standard InChI is InChI=1S/C17H21FN2/c1-14-4-3-5-17(12-14)19-10-11-20(2)13-15-6-8-16(18)9-7-15/h3-9,12,19H,10-11,13H2,1-2H3. The fourth-order valence-corrected chi connectivity index (χ4v) is 2.13. The third kappa shape index (κ3) is 4.67. The lowest BCUT2D eigenvalue weighted by atomic mass is 10.2. The second-order valence-electron chi connectivity index (χ2n) is 5.16. The Balaban J connectivity index is 1.75. The molecule has 2 nitrogen and oxygen atoms in total. The number of nitrogens with zero attached hydrogens (tertiary/aromatic N) is 1. The highest BCUT2D eigenvalue weighted by Crippen LogP contribution is 2.09. The summed E-state index contributed by atoms with van der Waals surface area (Å²) in [7, 11) is 2.07. The van der Waals surface area contributed by atoms with E-state index in [1.807, 2.05) is 12.1 Å². The Morgan fingerprint density at radius 2 is 1.85 bits per heavy atom. The van der Waals surface area contributed by atoms with E-state index in [0.29, 0.717) is 0 Å².